The van der Waals surface area contributed by atoms with Crippen molar-refractivity contribution < 1.29 is 24.2 Å². The fourth-order valence-corrected chi connectivity index (χ4v) is 4.51. The average Bonchev–Trinajstić information content (AvgIpc) is 3.16. The summed E-state index contributed by atoms with van der Waals surface area (Å²) in [6, 6.07) is 16.0. The Balaban J connectivity index is 1.26. The number of carbonyl (C=O) groups excluding carboxylic acids is 2. The van der Waals surface area contributed by atoms with E-state index in [0.29, 0.717) is 18.4 Å². The SMILES string of the molecule is C/C(=C\CNC(=O)OCC1c2ccccc2-c2ccccc21)C(=O)N[C@@H]1C=CC[C@@H](C(=O)O)C1. The molecule has 0 unspecified atom stereocenters. The lowest BCUT2D eigenvalue weighted by Crippen LogP contribution is -2.38. The van der Waals surface area contributed by atoms with Crippen molar-refractivity contribution in [3.63, 3.8) is 0 Å². The highest BCUT2D eigenvalue weighted by Crippen LogP contribution is 2.44. The number of alkyl carbamates (subject to hydrolysis) is 1. The highest BCUT2D eigenvalue weighted by Gasteiger charge is 2.29. The van der Waals surface area contributed by atoms with Gasteiger partial charge in [0.2, 0.25) is 5.91 Å². The average molecular weight is 461 g/mol. The van der Waals surface area contributed by atoms with Crippen molar-refractivity contribution in [3.8, 4) is 11.1 Å². The maximum absolute atomic E-state index is 12.4. The number of carbonyl (C=O) groups is 3. The number of hydrogen-bond acceptors (Lipinski definition) is 4. The number of nitrogens with one attached hydrogen (secondary N) is 2. The maximum atomic E-state index is 12.4. The van der Waals surface area contributed by atoms with Crippen molar-refractivity contribution in [1.29, 1.82) is 0 Å². The van der Waals surface area contributed by atoms with Gasteiger partial charge in [0, 0.05) is 24.1 Å². The minimum atomic E-state index is -0.858. The number of fused-ring (bicyclic) bond motifs is 3. The van der Waals surface area contributed by atoms with E-state index in [1.165, 1.54) is 11.1 Å². The van der Waals surface area contributed by atoms with Crippen molar-refractivity contribution >= 4 is 18.0 Å². The summed E-state index contributed by atoms with van der Waals surface area (Å²) in [7, 11) is 0. The summed E-state index contributed by atoms with van der Waals surface area (Å²) in [6.45, 7) is 2.02. The number of allylic oxidation sites excluding steroid dienone is 1. The van der Waals surface area contributed by atoms with Crippen molar-refractivity contribution in [2.45, 2.75) is 31.7 Å². The first-order valence-electron chi connectivity index (χ1n) is 11.4. The third-order valence-electron chi connectivity index (χ3n) is 6.35. The van der Waals surface area contributed by atoms with Gasteiger partial charge < -0.3 is 20.5 Å². The minimum absolute atomic E-state index is 0.0145. The molecule has 2 atom stereocenters. The second-order valence-electron chi connectivity index (χ2n) is 8.61. The van der Waals surface area contributed by atoms with E-state index in [0.717, 1.165) is 11.1 Å². The monoisotopic (exact) mass is 460 g/mol. The van der Waals surface area contributed by atoms with E-state index in [4.69, 9.17) is 9.84 Å². The van der Waals surface area contributed by atoms with Crippen LogP contribution >= 0.6 is 0 Å². The first-order chi connectivity index (χ1) is 16.4. The van der Waals surface area contributed by atoms with E-state index >= 15 is 0 Å². The molecular formula is C27H28N2O5. The smallest absolute Gasteiger partial charge is 0.407 e. The number of carboxylic acids is 1. The zero-order valence-corrected chi connectivity index (χ0v) is 19.0. The van der Waals surface area contributed by atoms with Crippen LogP contribution in [-0.4, -0.2) is 42.3 Å². The number of carboxylic acid groups (broad SMARTS) is 1. The molecule has 0 fully saturated rings. The van der Waals surface area contributed by atoms with Crippen molar-refractivity contribution in [3.05, 3.63) is 83.5 Å². The van der Waals surface area contributed by atoms with E-state index in [1.807, 2.05) is 30.3 Å². The van der Waals surface area contributed by atoms with Gasteiger partial charge in [-0.05, 0) is 42.0 Å². The lowest BCUT2D eigenvalue weighted by molar-refractivity contribution is -0.142. The Morgan fingerprint density at radius 2 is 1.71 bits per heavy atom. The number of rotatable bonds is 7. The number of aliphatic carboxylic acids is 1. The van der Waals surface area contributed by atoms with Gasteiger partial charge >= 0.3 is 12.1 Å². The van der Waals surface area contributed by atoms with Crippen LogP contribution in [0.4, 0.5) is 4.79 Å². The summed E-state index contributed by atoms with van der Waals surface area (Å²) in [6.07, 6.45) is 5.50. The highest BCUT2D eigenvalue weighted by atomic mass is 16.5. The molecule has 0 heterocycles. The predicted molar refractivity (Wildman–Crippen MR) is 128 cm³/mol. The third-order valence-corrected chi connectivity index (χ3v) is 6.35. The lowest BCUT2D eigenvalue weighted by Gasteiger charge is -2.23. The van der Waals surface area contributed by atoms with Crippen LogP contribution in [0.3, 0.4) is 0 Å². The standard InChI is InChI=1S/C27H28N2O5/c1-17(25(30)29-19-8-6-7-18(15-19)26(31)32)13-14-28-27(33)34-16-24-22-11-4-2-9-20(22)21-10-3-5-12-23(21)24/h2-6,8-13,18-19,24H,7,14-16H2,1H3,(H,28,33)(H,29,30)(H,31,32)/b17-13+/t18-,19-/m1/s1. The Morgan fingerprint density at radius 1 is 1.06 bits per heavy atom. The van der Waals surface area contributed by atoms with Crippen molar-refractivity contribution in [1.82, 2.24) is 10.6 Å². The molecule has 0 radical (unpaired) electrons. The lowest BCUT2D eigenvalue weighted by atomic mass is 9.91. The molecule has 0 aromatic heterocycles. The Labute approximate surface area is 198 Å². The normalized spacial score (nSPS) is 19.1. The van der Waals surface area contributed by atoms with Crippen LogP contribution in [0.15, 0.2) is 72.3 Å². The van der Waals surface area contributed by atoms with Crippen molar-refractivity contribution in [2.75, 3.05) is 13.2 Å². The molecular weight excluding hydrogens is 432 g/mol. The van der Waals surface area contributed by atoms with Gasteiger partial charge in [-0.1, -0.05) is 66.8 Å². The van der Waals surface area contributed by atoms with Crippen LogP contribution in [0.5, 0.6) is 0 Å². The number of amides is 2. The van der Waals surface area contributed by atoms with Gasteiger partial charge in [-0.15, -0.1) is 0 Å². The highest BCUT2D eigenvalue weighted by molar-refractivity contribution is 5.93. The topological polar surface area (TPSA) is 105 Å². The minimum Gasteiger partial charge on any atom is -0.481 e. The Morgan fingerprint density at radius 3 is 2.35 bits per heavy atom. The van der Waals surface area contributed by atoms with Gasteiger partial charge in [0.05, 0.1) is 5.92 Å². The molecule has 0 saturated carbocycles. The van der Waals surface area contributed by atoms with Crippen LogP contribution in [-0.2, 0) is 14.3 Å². The van der Waals surface area contributed by atoms with E-state index in [-0.39, 0.29) is 31.0 Å². The van der Waals surface area contributed by atoms with E-state index < -0.39 is 18.0 Å². The van der Waals surface area contributed by atoms with Crippen LogP contribution in [0, 0.1) is 5.92 Å². The Kier molecular flexibility index (Phi) is 7.11. The molecule has 7 nitrogen and oxygen atoms in total. The van der Waals surface area contributed by atoms with Crippen molar-refractivity contribution in [2.24, 2.45) is 5.92 Å². The fourth-order valence-electron chi connectivity index (χ4n) is 4.51. The number of ether oxygens (including phenoxy) is 1. The largest absolute Gasteiger partial charge is 0.481 e. The summed E-state index contributed by atoms with van der Waals surface area (Å²) in [5, 5.41) is 14.6. The first-order valence-corrected chi connectivity index (χ1v) is 11.4. The molecule has 2 aliphatic rings. The number of benzene rings is 2. The van der Waals surface area contributed by atoms with Crippen LogP contribution < -0.4 is 10.6 Å². The number of hydrogen-bond donors (Lipinski definition) is 3. The summed E-state index contributed by atoms with van der Waals surface area (Å²) in [5.41, 5.74) is 5.06. The molecule has 2 aromatic carbocycles. The summed E-state index contributed by atoms with van der Waals surface area (Å²) < 4.78 is 5.49. The first kappa shape index (κ1) is 23.3. The molecule has 7 heteroatoms. The molecule has 0 bridgehead atoms. The molecule has 34 heavy (non-hydrogen) atoms. The van der Waals surface area contributed by atoms with Gasteiger partial charge in [0.1, 0.15) is 6.61 Å². The van der Waals surface area contributed by atoms with Gasteiger partial charge in [0.25, 0.3) is 0 Å². The van der Waals surface area contributed by atoms with Gasteiger partial charge in [-0.2, -0.15) is 0 Å². The Bertz CT molecular complexity index is 1110. The van der Waals surface area contributed by atoms with Crippen LogP contribution in [0.1, 0.15) is 36.8 Å². The summed E-state index contributed by atoms with van der Waals surface area (Å²) in [5.74, 6) is -1.66. The molecule has 2 amide bonds. The van der Waals surface area contributed by atoms with Gasteiger partial charge in [-0.25, -0.2) is 4.79 Å². The summed E-state index contributed by atoms with van der Waals surface area (Å²) in [4.78, 5) is 35.8. The Hall–Kier alpha value is -3.87. The molecule has 0 aliphatic heterocycles. The third kappa shape index (κ3) is 5.20. The molecule has 3 N–H and O–H groups in total. The van der Waals surface area contributed by atoms with Crippen LogP contribution in [0.2, 0.25) is 0 Å². The quantitative estimate of drug-likeness (QED) is 0.428. The zero-order chi connectivity index (χ0) is 24.1. The molecule has 2 aliphatic carbocycles. The fraction of sp³-hybridized carbons (Fsp3) is 0.296. The predicted octanol–water partition coefficient (Wildman–Crippen LogP) is 4.01. The van der Waals surface area contributed by atoms with Gasteiger partial charge in [0.15, 0.2) is 0 Å². The second-order valence-corrected chi connectivity index (χ2v) is 8.61. The van der Waals surface area contributed by atoms with E-state index in [2.05, 4.69) is 34.9 Å². The van der Waals surface area contributed by atoms with Gasteiger partial charge in [-0.3, -0.25) is 9.59 Å². The molecule has 176 valence electrons. The maximum Gasteiger partial charge on any atom is 0.407 e. The molecule has 0 saturated heterocycles. The zero-order valence-electron chi connectivity index (χ0n) is 19.0. The van der Waals surface area contributed by atoms with E-state index in [9.17, 15) is 14.4 Å². The summed E-state index contributed by atoms with van der Waals surface area (Å²) >= 11 is 0. The van der Waals surface area contributed by atoms with E-state index in [1.54, 1.807) is 19.1 Å². The molecule has 2 aromatic rings. The molecule has 4 rings (SSSR count). The molecule has 0 spiro atoms. The van der Waals surface area contributed by atoms with Crippen LogP contribution in [0.25, 0.3) is 11.1 Å². The second kappa shape index (κ2) is 10.4.